The molecule has 2 aromatic rings. The van der Waals surface area contributed by atoms with Gasteiger partial charge in [-0.15, -0.1) is 0 Å². The molecule has 0 amide bonds. The molecule has 0 saturated carbocycles. The standard InChI is InChI=1S/C11H7BrCl2N2O3/c1-5(17)11-10(4-12)15(18)8-2-6(13)7(14)3-9(8)16(11)19/h2-3H,4H2,1H3. The summed E-state index contributed by atoms with van der Waals surface area (Å²) in [5, 5.41) is 12.6. The number of halogens is 3. The van der Waals surface area contributed by atoms with E-state index in [4.69, 9.17) is 23.2 Å². The first kappa shape index (κ1) is 14.3. The normalized spacial score (nSPS) is 10.9. The van der Waals surface area contributed by atoms with Gasteiger partial charge in [-0.2, -0.15) is 0 Å². The number of rotatable bonds is 2. The van der Waals surface area contributed by atoms with Crippen molar-refractivity contribution in [2.45, 2.75) is 12.3 Å². The van der Waals surface area contributed by atoms with E-state index in [9.17, 15) is 14.9 Å². The third-order valence-electron chi connectivity index (χ3n) is 2.64. The van der Waals surface area contributed by atoms with Gasteiger partial charge < -0.3 is 9.94 Å². The zero-order chi connectivity index (χ0) is 14.3. The van der Waals surface area contributed by atoms with Crippen molar-refractivity contribution in [2.75, 3.05) is 0 Å². The molecule has 0 unspecified atom stereocenters. The highest BCUT2D eigenvalue weighted by Crippen LogP contribution is 2.27. The Balaban J connectivity index is 3.08. The largest absolute Gasteiger partial charge is 0.805 e. The first-order valence-electron chi connectivity index (χ1n) is 5.12. The Hall–Kier alpha value is -1.11. The lowest BCUT2D eigenvalue weighted by Crippen LogP contribution is -2.30. The van der Waals surface area contributed by atoms with Gasteiger partial charge in [0.05, 0.1) is 19.8 Å². The van der Waals surface area contributed by atoms with Crippen LogP contribution in [0.25, 0.3) is 11.0 Å². The SMILES string of the molecule is CC(=O)c1c(CBr)n([O-])c2cc(Cl)c(Cl)cc2[n+]1=O. The minimum absolute atomic E-state index is 0.000648. The molecule has 8 heteroatoms. The molecule has 0 fully saturated rings. The van der Waals surface area contributed by atoms with Crippen LogP contribution in [0, 0.1) is 10.1 Å². The molecule has 0 saturated heterocycles. The Kier molecular flexibility index (Phi) is 3.85. The molecule has 0 aliphatic heterocycles. The molecule has 19 heavy (non-hydrogen) atoms. The molecule has 0 atom stereocenters. The van der Waals surface area contributed by atoms with E-state index in [2.05, 4.69) is 15.9 Å². The molecule has 0 aliphatic rings. The van der Waals surface area contributed by atoms with Crippen LogP contribution in [0.1, 0.15) is 23.1 Å². The number of hydrogen-bond donors (Lipinski definition) is 0. The number of benzene rings is 1. The lowest BCUT2D eigenvalue weighted by molar-refractivity contribution is -0.468. The van der Waals surface area contributed by atoms with Gasteiger partial charge in [0.25, 0.3) is 5.52 Å². The molecule has 1 aromatic carbocycles. The molecular weight excluding hydrogens is 359 g/mol. The highest BCUT2D eigenvalue weighted by Gasteiger charge is 2.26. The van der Waals surface area contributed by atoms with Crippen molar-refractivity contribution in [1.29, 1.82) is 0 Å². The van der Waals surface area contributed by atoms with Gasteiger partial charge in [0.2, 0.25) is 5.78 Å². The summed E-state index contributed by atoms with van der Waals surface area (Å²) >= 11 is 14.8. The summed E-state index contributed by atoms with van der Waals surface area (Å²) in [6, 6.07) is 2.57. The quantitative estimate of drug-likeness (QED) is 0.465. The molecule has 1 aromatic heterocycles. The molecule has 5 nitrogen and oxygen atoms in total. The lowest BCUT2D eigenvalue weighted by Gasteiger charge is -2.17. The summed E-state index contributed by atoms with van der Waals surface area (Å²) in [5.41, 5.74) is -0.116. The maximum Gasteiger partial charge on any atom is 0.325 e. The van der Waals surface area contributed by atoms with Crippen molar-refractivity contribution in [1.82, 2.24) is 4.73 Å². The molecule has 0 spiro atoms. The Morgan fingerprint density at radius 3 is 2.53 bits per heavy atom. The van der Waals surface area contributed by atoms with Gasteiger partial charge in [0.1, 0.15) is 11.2 Å². The van der Waals surface area contributed by atoms with Gasteiger partial charge in [-0.25, -0.2) is 0 Å². The van der Waals surface area contributed by atoms with Gasteiger partial charge in [0.15, 0.2) is 0 Å². The van der Waals surface area contributed by atoms with Gasteiger partial charge >= 0.3 is 5.69 Å². The molecule has 0 bridgehead atoms. The summed E-state index contributed by atoms with van der Waals surface area (Å²) in [6.45, 7) is 1.22. The number of ketones is 1. The predicted octanol–water partition coefficient (Wildman–Crippen LogP) is 3.31. The van der Waals surface area contributed by atoms with Crippen LogP contribution in [0.5, 0.6) is 0 Å². The van der Waals surface area contributed by atoms with Crippen LogP contribution >= 0.6 is 39.1 Å². The molecule has 1 heterocycles. The van der Waals surface area contributed by atoms with Crippen molar-refractivity contribution < 1.29 is 9.22 Å². The van der Waals surface area contributed by atoms with E-state index in [1.807, 2.05) is 0 Å². The Morgan fingerprint density at radius 2 is 2.00 bits per heavy atom. The minimum atomic E-state index is -0.498. The Morgan fingerprint density at radius 1 is 1.42 bits per heavy atom. The number of aromatic nitrogens is 2. The first-order valence-corrected chi connectivity index (χ1v) is 6.99. The molecule has 0 N–H and O–H groups in total. The number of carbonyl (C=O) groups excluding carboxylic acids is 1. The first-order chi connectivity index (χ1) is 8.88. The fourth-order valence-electron chi connectivity index (χ4n) is 1.79. The Labute approximate surface area is 126 Å². The second-order valence-electron chi connectivity index (χ2n) is 3.83. The van der Waals surface area contributed by atoms with E-state index < -0.39 is 5.78 Å². The third kappa shape index (κ3) is 2.24. The zero-order valence-corrected chi connectivity index (χ0v) is 12.7. The third-order valence-corrected chi connectivity index (χ3v) is 3.89. The van der Waals surface area contributed by atoms with Crippen LogP contribution in [0.3, 0.4) is 0 Å². The molecule has 2 rings (SSSR count). The fourth-order valence-corrected chi connectivity index (χ4v) is 2.60. The maximum absolute atomic E-state index is 12.2. The number of Topliss-reactive ketones (excluding diaryl/α,β-unsaturated/α-hetero) is 1. The van der Waals surface area contributed by atoms with E-state index in [0.29, 0.717) is 9.16 Å². The van der Waals surface area contributed by atoms with Gasteiger partial charge in [-0.1, -0.05) is 39.1 Å². The van der Waals surface area contributed by atoms with Crippen molar-refractivity contribution in [3.63, 3.8) is 0 Å². The molecule has 100 valence electrons. The lowest BCUT2D eigenvalue weighted by atomic mass is 10.2. The van der Waals surface area contributed by atoms with E-state index in [1.165, 1.54) is 19.1 Å². The molecular formula is C11H7BrCl2N2O3. The number of carbonyl (C=O) groups is 1. The van der Waals surface area contributed by atoms with Crippen molar-refractivity contribution in [3.8, 4) is 0 Å². The van der Waals surface area contributed by atoms with Crippen LogP contribution in [-0.4, -0.2) is 10.5 Å². The summed E-state index contributed by atoms with van der Waals surface area (Å²) in [7, 11) is 0. The predicted molar refractivity (Wildman–Crippen MR) is 76.7 cm³/mol. The average Bonchev–Trinajstić information content (AvgIpc) is 2.35. The van der Waals surface area contributed by atoms with Crippen molar-refractivity contribution in [3.05, 3.63) is 43.7 Å². The number of alkyl halides is 1. The van der Waals surface area contributed by atoms with Crippen molar-refractivity contribution in [2.24, 2.45) is 0 Å². The highest BCUT2D eigenvalue weighted by atomic mass is 79.9. The van der Waals surface area contributed by atoms with Crippen LogP contribution in [0.15, 0.2) is 12.1 Å². The topological polar surface area (TPSA) is 68.0 Å². The van der Waals surface area contributed by atoms with E-state index in [-0.39, 0.29) is 37.8 Å². The monoisotopic (exact) mass is 364 g/mol. The Bertz CT molecular complexity index is 758. The maximum atomic E-state index is 12.2. The number of fused-ring (bicyclic) bond motifs is 1. The zero-order valence-electron chi connectivity index (χ0n) is 9.61. The number of nitrogens with zero attached hydrogens (tertiary/aromatic N) is 2. The number of hydrogen-bond acceptors (Lipinski definition) is 3. The van der Waals surface area contributed by atoms with Crippen LogP contribution in [0.4, 0.5) is 0 Å². The van der Waals surface area contributed by atoms with Crippen molar-refractivity contribution >= 4 is 55.9 Å². The average molecular weight is 366 g/mol. The van der Waals surface area contributed by atoms with Crippen LogP contribution in [0.2, 0.25) is 10.0 Å². The van der Waals surface area contributed by atoms with Gasteiger partial charge in [0, 0.05) is 17.9 Å². The summed E-state index contributed by atoms with van der Waals surface area (Å²) < 4.78 is 0.919. The summed E-state index contributed by atoms with van der Waals surface area (Å²) in [4.78, 5) is 23.7. The summed E-state index contributed by atoms with van der Waals surface area (Å²) in [5.74, 6) is -0.498. The van der Waals surface area contributed by atoms with Crippen LogP contribution in [-0.2, 0) is 5.33 Å². The summed E-state index contributed by atoms with van der Waals surface area (Å²) in [6.07, 6.45) is 0. The second kappa shape index (κ2) is 5.11. The van der Waals surface area contributed by atoms with Crippen LogP contribution < -0.4 is 4.43 Å². The minimum Gasteiger partial charge on any atom is -0.805 e. The highest BCUT2D eigenvalue weighted by molar-refractivity contribution is 9.08. The van der Waals surface area contributed by atoms with Gasteiger partial charge in [-0.3, -0.25) is 4.79 Å². The van der Waals surface area contributed by atoms with E-state index >= 15 is 0 Å². The van der Waals surface area contributed by atoms with E-state index in [1.54, 1.807) is 0 Å². The van der Waals surface area contributed by atoms with Gasteiger partial charge in [-0.05, 0) is 6.07 Å². The second-order valence-corrected chi connectivity index (χ2v) is 5.20. The van der Waals surface area contributed by atoms with E-state index in [0.717, 1.165) is 0 Å². The molecule has 0 aliphatic carbocycles. The smallest absolute Gasteiger partial charge is 0.325 e. The molecule has 0 radical (unpaired) electrons. The fraction of sp³-hybridized carbons (Fsp3) is 0.182.